The van der Waals surface area contributed by atoms with Crippen LogP contribution in [0.25, 0.3) is 0 Å². The zero-order chi connectivity index (χ0) is 10.0. The van der Waals surface area contributed by atoms with Crippen molar-refractivity contribution in [2.45, 2.75) is 13.0 Å². The molecule has 0 aliphatic heterocycles. The molecule has 0 saturated heterocycles. The molecule has 3 N–H and O–H groups in total. The van der Waals surface area contributed by atoms with Crippen molar-refractivity contribution in [3.05, 3.63) is 22.2 Å². The Morgan fingerprint density at radius 2 is 2.15 bits per heavy atom. The van der Waals surface area contributed by atoms with Crippen molar-refractivity contribution >= 4 is 15.9 Å². The van der Waals surface area contributed by atoms with Crippen molar-refractivity contribution < 1.29 is 9.84 Å². The standard InChI is InChI=1S/C9H12BrNO2/c1-5(11)8-6(12)3-4-7(13-2)9(8)10/h3-5,12H,11H2,1-2H3. The van der Waals surface area contributed by atoms with Crippen molar-refractivity contribution in [1.82, 2.24) is 0 Å². The Kier molecular flexibility index (Phi) is 3.17. The summed E-state index contributed by atoms with van der Waals surface area (Å²) in [6.07, 6.45) is 0. The van der Waals surface area contributed by atoms with E-state index in [0.29, 0.717) is 15.8 Å². The van der Waals surface area contributed by atoms with Crippen molar-refractivity contribution in [3.8, 4) is 11.5 Å². The van der Waals surface area contributed by atoms with Gasteiger partial charge in [0, 0.05) is 11.6 Å². The minimum atomic E-state index is -0.232. The number of rotatable bonds is 2. The Bertz CT molecular complexity index is 313. The lowest BCUT2D eigenvalue weighted by atomic mass is 10.1. The summed E-state index contributed by atoms with van der Waals surface area (Å²) in [6, 6.07) is 3.03. The lowest BCUT2D eigenvalue weighted by molar-refractivity contribution is 0.406. The molecule has 3 nitrogen and oxygen atoms in total. The molecule has 0 fully saturated rings. The Labute approximate surface area is 85.6 Å². The molecule has 1 aromatic rings. The van der Waals surface area contributed by atoms with Gasteiger partial charge in [0.1, 0.15) is 11.5 Å². The van der Waals surface area contributed by atoms with E-state index in [4.69, 9.17) is 10.5 Å². The minimum Gasteiger partial charge on any atom is -0.508 e. The van der Waals surface area contributed by atoms with Crippen LogP contribution in [-0.4, -0.2) is 12.2 Å². The summed E-state index contributed by atoms with van der Waals surface area (Å²) < 4.78 is 5.79. The topological polar surface area (TPSA) is 55.5 Å². The number of nitrogens with two attached hydrogens (primary N) is 1. The third-order valence-electron chi connectivity index (χ3n) is 1.80. The fourth-order valence-corrected chi connectivity index (χ4v) is 2.01. The fraction of sp³-hybridized carbons (Fsp3) is 0.333. The van der Waals surface area contributed by atoms with Gasteiger partial charge in [0.25, 0.3) is 0 Å². The molecule has 1 atom stereocenters. The number of aromatic hydroxyl groups is 1. The number of ether oxygens (including phenoxy) is 1. The molecule has 0 aliphatic carbocycles. The largest absolute Gasteiger partial charge is 0.508 e. The van der Waals surface area contributed by atoms with Gasteiger partial charge in [0.05, 0.1) is 11.6 Å². The first-order valence-electron chi connectivity index (χ1n) is 3.89. The molecule has 13 heavy (non-hydrogen) atoms. The molecule has 0 spiro atoms. The van der Waals surface area contributed by atoms with Crippen LogP contribution >= 0.6 is 15.9 Å². The first kappa shape index (κ1) is 10.3. The predicted molar refractivity (Wildman–Crippen MR) is 55.0 cm³/mol. The van der Waals surface area contributed by atoms with Crippen LogP contribution in [0, 0.1) is 0 Å². The number of phenolic OH excluding ortho intramolecular Hbond substituents is 1. The summed E-state index contributed by atoms with van der Waals surface area (Å²) in [4.78, 5) is 0. The summed E-state index contributed by atoms with van der Waals surface area (Å²) in [6.45, 7) is 1.80. The quantitative estimate of drug-likeness (QED) is 0.840. The maximum atomic E-state index is 9.52. The number of halogens is 1. The van der Waals surface area contributed by atoms with E-state index in [1.54, 1.807) is 26.2 Å². The summed E-state index contributed by atoms with van der Waals surface area (Å²) in [5.41, 5.74) is 6.36. The van der Waals surface area contributed by atoms with E-state index < -0.39 is 0 Å². The van der Waals surface area contributed by atoms with E-state index in [2.05, 4.69) is 15.9 Å². The molecular weight excluding hydrogens is 234 g/mol. The lowest BCUT2D eigenvalue weighted by Crippen LogP contribution is -2.06. The first-order valence-corrected chi connectivity index (χ1v) is 4.68. The van der Waals surface area contributed by atoms with Crippen LogP contribution in [0.1, 0.15) is 18.5 Å². The van der Waals surface area contributed by atoms with Gasteiger partial charge in [0.15, 0.2) is 0 Å². The van der Waals surface area contributed by atoms with Crippen LogP contribution in [0.3, 0.4) is 0 Å². The number of methoxy groups -OCH3 is 1. The molecule has 0 aliphatic rings. The lowest BCUT2D eigenvalue weighted by Gasteiger charge is -2.13. The molecule has 1 aromatic carbocycles. The number of phenols is 1. The van der Waals surface area contributed by atoms with Crippen molar-refractivity contribution in [1.29, 1.82) is 0 Å². The molecule has 0 aromatic heterocycles. The Morgan fingerprint density at radius 3 is 2.62 bits per heavy atom. The van der Waals surface area contributed by atoms with E-state index >= 15 is 0 Å². The van der Waals surface area contributed by atoms with Gasteiger partial charge < -0.3 is 15.6 Å². The fourth-order valence-electron chi connectivity index (χ4n) is 1.15. The zero-order valence-electron chi connectivity index (χ0n) is 7.54. The van der Waals surface area contributed by atoms with Crippen LogP contribution in [0.15, 0.2) is 16.6 Å². The molecule has 1 rings (SSSR count). The molecule has 72 valence electrons. The zero-order valence-corrected chi connectivity index (χ0v) is 9.13. The average molecular weight is 246 g/mol. The maximum absolute atomic E-state index is 9.52. The number of benzene rings is 1. The number of hydrogen-bond acceptors (Lipinski definition) is 3. The molecule has 0 saturated carbocycles. The highest BCUT2D eigenvalue weighted by atomic mass is 79.9. The third kappa shape index (κ3) is 1.95. The van der Waals surface area contributed by atoms with Crippen LogP contribution in [0.2, 0.25) is 0 Å². The molecule has 1 unspecified atom stereocenters. The van der Waals surface area contributed by atoms with Gasteiger partial charge in [-0.1, -0.05) is 0 Å². The molecular formula is C9H12BrNO2. The van der Waals surface area contributed by atoms with Gasteiger partial charge in [-0.2, -0.15) is 0 Å². The molecule has 0 heterocycles. The van der Waals surface area contributed by atoms with Crippen LogP contribution in [0.5, 0.6) is 11.5 Å². The van der Waals surface area contributed by atoms with Crippen molar-refractivity contribution in [3.63, 3.8) is 0 Å². The average Bonchev–Trinajstić information content (AvgIpc) is 2.04. The summed E-state index contributed by atoms with van der Waals surface area (Å²) in [5.74, 6) is 0.854. The minimum absolute atomic E-state index is 0.183. The molecule has 4 heteroatoms. The van der Waals surface area contributed by atoms with Gasteiger partial charge in [-0.05, 0) is 35.0 Å². The molecule has 0 bridgehead atoms. The van der Waals surface area contributed by atoms with Gasteiger partial charge in [0.2, 0.25) is 0 Å². The van der Waals surface area contributed by atoms with Gasteiger partial charge >= 0.3 is 0 Å². The van der Waals surface area contributed by atoms with E-state index in [1.165, 1.54) is 0 Å². The van der Waals surface area contributed by atoms with E-state index in [0.717, 1.165) is 0 Å². The predicted octanol–water partition coefficient (Wildman–Crippen LogP) is 2.18. The Balaban J connectivity index is 3.30. The van der Waals surface area contributed by atoms with Crippen molar-refractivity contribution in [2.75, 3.05) is 7.11 Å². The maximum Gasteiger partial charge on any atom is 0.133 e. The van der Waals surface area contributed by atoms with Gasteiger partial charge in [-0.25, -0.2) is 0 Å². The second kappa shape index (κ2) is 3.98. The second-order valence-corrected chi connectivity index (χ2v) is 3.60. The first-order chi connectivity index (χ1) is 6.07. The summed E-state index contributed by atoms with van der Waals surface area (Å²) in [5, 5.41) is 9.52. The van der Waals surface area contributed by atoms with Crippen LogP contribution in [-0.2, 0) is 0 Å². The second-order valence-electron chi connectivity index (χ2n) is 2.80. The Hall–Kier alpha value is -0.740. The monoisotopic (exact) mass is 245 g/mol. The highest BCUT2D eigenvalue weighted by molar-refractivity contribution is 9.10. The van der Waals surface area contributed by atoms with Gasteiger partial charge in [-0.15, -0.1) is 0 Å². The summed E-state index contributed by atoms with van der Waals surface area (Å²) in [7, 11) is 1.57. The van der Waals surface area contributed by atoms with Gasteiger partial charge in [-0.3, -0.25) is 0 Å². The van der Waals surface area contributed by atoms with Crippen LogP contribution in [0.4, 0.5) is 0 Å². The van der Waals surface area contributed by atoms with E-state index in [9.17, 15) is 5.11 Å². The Morgan fingerprint density at radius 1 is 1.54 bits per heavy atom. The SMILES string of the molecule is COc1ccc(O)c(C(C)N)c1Br. The van der Waals surface area contributed by atoms with Crippen LogP contribution < -0.4 is 10.5 Å². The third-order valence-corrected chi connectivity index (χ3v) is 2.61. The highest BCUT2D eigenvalue weighted by Gasteiger charge is 2.14. The van der Waals surface area contributed by atoms with Crippen molar-refractivity contribution in [2.24, 2.45) is 5.73 Å². The summed E-state index contributed by atoms with van der Waals surface area (Å²) >= 11 is 3.33. The highest BCUT2D eigenvalue weighted by Crippen LogP contribution is 2.37. The smallest absolute Gasteiger partial charge is 0.133 e. The molecule has 0 radical (unpaired) electrons. The molecule has 0 amide bonds. The van der Waals surface area contributed by atoms with E-state index in [-0.39, 0.29) is 11.8 Å². The number of hydrogen-bond donors (Lipinski definition) is 2. The van der Waals surface area contributed by atoms with E-state index in [1.807, 2.05) is 0 Å². The normalized spacial score (nSPS) is 12.6.